The average molecular weight is 273 g/mol. The maximum absolute atomic E-state index is 12.8. The second kappa shape index (κ2) is 3.76. The summed E-state index contributed by atoms with van der Waals surface area (Å²) in [5.41, 5.74) is 4.25. The largest absolute Gasteiger partial charge is 0.480 e. The molecule has 5 nitrogen and oxygen atoms in total. The van der Waals surface area contributed by atoms with E-state index in [0.29, 0.717) is 5.56 Å². The Morgan fingerprint density at radius 1 is 1.39 bits per heavy atom. The molecule has 3 atom stereocenters. The lowest BCUT2D eigenvalue weighted by Gasteiger charge is -2.04. The first-order valence-corrected chi connectivity index (χ1v) is 7.11. The Hall–Kier alpha value is -1.47. The van der Waals surface area contributed by atoms with E-state index in [-0.39, 0.29) is 0 Å². The molecular formula is C11H12FNO4S. The number of carboxylic acid groups (broad SMARTS) is 1. The van der Waals surface area contributed by atoms with Crippen molar-refractivity contribution in [3.8, 4) is 0 Å². The van der Waals surface area contributed by atoms with Crippen LogP contribution in [0.4, 0.5) is 4.39 Å². The number of rotatable bonds is 3. The maximum atomic E-state index is 12.8. The molecule has 1 aromatic rings. The molecule has 7 heteroatoms. The highest BCUT2D eigenvalue weighted by Crippen LogP contribution is 2.53. The summed E-state index contributed by atoms with van der Waals surface area (Å²) in [6.45, 7) is 0. The van der Waals surface area contributed by atoms with Crippen molar-refractivity contribution in [1.29, 1.82) is 0 Å². The van der Waals surface area contributed by atoms with E-state index in [9.17, 15) is 17.6 Å². The lowest BCUT2D eigenvalue weighted by Crippen LogP contribution is -2.39. The van der Waals surface area contributed by atoms with Gasteiger partial charge in [0.05, 0.1) is 5.25 Å². The second-order valence-electron chi connectivity index (χ2n) is 4.52. The molecule has 1 aromatic carbocycles. The van der Waals surface area contributed by atoms with E-state index in [2.05, 4.69) is 0 Å². The van der Waals surface area contributed by atoms with Gasteiger partial charge in [0.25, 0.3) is 0 Å². The van der Waals surface area contributed by atoms with Crippen molar-refractivity contribution < 1.29 is 22.7 Å². The van der Waals surface area contributed by atoms with Crippen molar-refractivity contribution >= 4 is 15.8 Å². The number of halogens is 1. The van der Waals surface area contributed by atoms with Crippen molar-refractivity contribution in [2.45, 2.75) is 16.7 Å². The predicted molar refractivity (Wildman–Crippen MR) is 62.3 cm³/mol. The third kappa shape index (κ3) is 1.79. The first-order valence-electron chi connectivity index (χ1n) is 5.15. The fourth-order valence-corrected chi connectivity index (χ4v) is 4.11. The number of hydrogen-bond donors (Lipinski definition) is 2. The van der Waals surface area contributed by atoms with E-state index in [4.69, 9.17) is 10.8 Å². The van der Waals surface area contributed by atoms with Crippen molar-refractivity contribution in [1.82, 2.24) is 0 Å². The van der Waals surface area contributed by atoms with E-state index < -0.39 is 38.3 Å². The first kappa shape index (κ1) is 13.0. The Kier molecular flexibility index (Phi) is 2.71. The van der Waals surface area contributed by atoms with Gasteiger partial charge in [0.1, 0.15) is 11.4 Å². The van der Waals surface area contributed by atoms with Crippen LogP contribution in [-0.4, -0.2) is 36.5 Å². The highest BCUT2D eigenvalue weighted by molar-refractivity contribution is 7.91. The Morgan fingerprint density at radius 2 is 1.89 bits per heavy atom. The molecule has 0 saturated heterocycles. The van der Waals surface area contributed by atoms with Gasteiger partial charge in [-0.15, -0.1) is 0 Å². The van der Waals surface area contributed by atoms with Crippen molar-refractivity contribution in [3.63, 3.8) is 0 Å². The minimum absolute atomic E-state index is 0.414. The molecule has 0 aliphatic heterocycles. The molecule has 3 N–H and O–H groups in total. The van der Waals surface area contributed by atoms with Gasteiger partial charge >= 0.3 is 5.97 Å². The molecular weight excluding hydrogens is 261 g/mol. The zero-order valence-corrected chi connectivity index (χ0v) is 10.3. The van der Waals surface area contributed by atoms with Gasteiger partial charge in [-0.1, -0.05) is 12.1 Å². The topological polar surface area (TPSA) is 97.5 Å². The molecule has 1 saturated carbocycles. The Labute approximate surface area is 103 Å². The van der Waals surface area contributed by atoms with Crippen molar-refractivity contribution in [2.24, 2.45) is 5.73 Å². The SMILES string of the molecule is CS(=O)(=O)[C@H]1[C@H](c2ccc(F)cc2)[C@@]1(N)C(=O)O. The summed E-state index contributed by atoms with van der Waals surface area (Å²) in [7, 11) is -3.59. The van der Waals surface area contributed by atoms with Crippen LogP contribution in [0.3, 0.4) is 0 Å². The molecule has 0 heterocycles. The molecule has 0 spiro atoms. The van der Waals surface area contributed by atoms with Crippen LogP contribution < -0.4 is 5.73 Å². The van der Waals surface area contributed by atoms with E-state index >= 15 is 0 Å². The molecule has 0 bridgehead atoms. The summed E-state index contributed by atoms with van der Waals surface area (Å²) in [5.74, 6) is -2.69. The van der Waals surface area contributed by atoms with E-state index in [1.165, 1.54) is 12.1 Å². The average Bonchev–Trinajstić information content (AvgIpc) is 2.87. The van der Waals surface area contributed by atoms with Crippen LogP contribution in [0, 0.1) is 5.82 Å². The minimum Gasteiger partial charge on any atom is -0.480 e. The van der Waals surface area contributed by atoms with Gasteiger partial charge < -0.3 is 10.8 Å². The summed E-state index contributed by atoms with van der Waals surface area (Å²) in [4.78, 5) is 11.1. The number of hydrogen-bond acceptors (Lipinski definition) is 4. The van der Waals surface area contributed by atoms with Crippen molar-refractivity contribution in [2.75, 3.05) is 6.26 Å². The fraction of sp³-hybridized carbons (Fsp3) is 0.364. The maximum Gasteiger partial charge on any atom is 0.325 e. The van der Waals surface area contributed by atoms with Gasteiger partial charge in [0.2, 0.25) is 0 Å². The van der Waals surface area contributed by atoms with E-state index in [1.807, 2.05) is 0 Å². The number of carbonyl (C=O) groups is 1. The quantitative estimate of drug-likeness (QED) is 0.815. The first-order chi connectivity index (χ1) is 8.19. The summed E-state index contributed by atoms with van der Waals surface area (Å²) in [6.07, 6.45) is 0.950. The molecule has 1 fully saturated rings. The molecule has 1 aliphatic rings. The van der Waals surface area contributed by atoms with E-state index in [1.54, 1.807) is 0 Å². The standard InChI is InChI=1S/C11H12FNO4S/c1-18(16,17)9-8(11(9,13)10(14)15)6-2-4-7(12)5-3-6/h2-5,8-9H,13H2,1H3,(H,14,15)/t8-,9-,11-/m0/s1. The molecule has 0 unspecified atom stereocenters. The smallest absolute Gasteiger partial charge is 0.325 e. The fourth-order valence-electron chi connectivity index (χ4n) is 2.35. The van der Waals surface area contributed by atoms with E-state index in [0.717, 1.165) is 18.4 Å². The lowest BCUT2D eigenvalue weighted by molar-refractivity contribution is -0.139. The molecule has 18 heavy (non-hydrogen) atoms. The van der Waals surface area contributed by atoms with Crippen LogP contribution >= 0.6 is 0 Å². The molecule has 0 amide bonds. The zero-order valence-electron chi connectivity index (χ0n) is 9.50. The molecule has 0 aromatic heterocycles. The van der Waals surface area contributed by atoms with Gasteiger partial charge in [-0.05, 0) is 17.7 Å². The number of aliphatic carboxylic acids is 1. The highest BCUT2D eigenvalue weighted by Gasteiger charge is 2.73. The Bertz CT molecular complexity index is 598. The van der Waals surface area contributed by atoms with Gasteiger partial charge in [0.15, 0.2) is 9.84 Å². The zero-order chi connectivity index (χ0) is 13.7. The van der Waals surface area contributed by atoms with Crippen LogP contribution in [0.15, 0.2) is 24.3 Å². The molecule has 1 aliphatic carbocycles. The number of nitrogens with two attached hydrogens (primary N) is 1. The Balaban J connectivity index is 2.45. The Morgan fingerprint density at radius 3 is 2.22 bits per heavy atom. The number of benzene rings is 1. The van der Waals surface area contributed by atoms with Gasteiger partial charge in [0, 0.05) is 12.2 Å². The van der Waals surface area contributed by atoms with Gasteiger partial charge in [-0.3, -0.25) is 4.79 Å². The van der Waals surface area contributed by atoms with Gasteiger partial charge in [-0.2, -0.15) is 0 Å². The summed E-state index contributed by atoms with van der Waals surface area (Å²) < 4.78 is 35.9. The second-order valence-corrected chi connectivity index (χ2v) is 6.68. The summed E-state index contributed by atoms with van der Waals surface area (Å²) in [5, 5.41) is 7.90. The summed E-state index contributed by atoms with van der Waals surface area (Å²) >= 11 is 0. The van der Waals surface area contributed by atoms with Crippen LogP contribution in [0.25, 0.3) is 0 Å². The molecule has 0 radical (unpaired) electrons. The summed E-state index contributed by atoms with van der Waals surface area (Å²) in [6, 6.07) is 5.01. The number of carboxylic acids is 1. The highest BCUT2D eigenvalue weighted by atomic mass is 32.2. The van der Waals surface area contributed by atoms with Crippen LogP contribution in [0.5, 0.6) is 0 Å². The third-order valence-corrected chi connectivity index (χ3v) is 4.82. The predicted octanol–water partition coefficient (Wildman–Crippen LogP) is 0.118. The lowest BCUT2D eigenvalue weighted by atomic mass is 10.1. The number of sulfone groups is 1. The van der Waals surface area contributed by atoms with Crippen LogP contribution in [-0.2, 0) is 14.6 Å². The molecule has 2 rings (SSSR count). The monoisotopic (exact) mass is 273 g/mol. The minimum atomic E-state index is -3.59. The van der Waals surface area contributed by atoms with Crippen LogP contribution in [0.1, 0.15) is 11.5 Å². The van der Waals surface area contributed by atoms with Gasteiger partial charge in [-0.25, -0.2) is 12.8 Å². The normalized spacial score (nSPS) is 31.1. The van der Waals surface area contributed by atoms with Crippen molar-refractivity contribution in [3.05, 3.63) is 35.6 Å². The molecule has 98 valence electrons. The third-order valence-electron chi connectivity index (χ3n) is 3.24. The van der Waals surface area contributed by atoms with Crippen LogP contribution in [0.2, 0.25) is 0 Å².